The Morgan fingerprint density at radius 3 is 3.06 bits per heavy atom. The fraction of sp³-hybridized carbons (Fsp3) is 0.154. The first-order valence-corrected chi connectivity index (χ1v) is 6.77. The third-order valence-corrected chi connectivity index (χ3v) is 4.26. The molecule has 2 heterocycles. The van der Waals surface area contributed by atoms with E-state index in [1.165, 1.54) is 0 Å². The van der Waals surface area contributed by atoms with Crippen LogP contribution in [0.4, 0.5) is 0 Å². The molecule has 2 aliphatic rings. The Morgan fingerprint density at radius 2 is 2.28 bits per heavy atom. The topological polar surface area (TPSA) is 46.5 Å². The lowest BCUT2D eigenvalue weighted by molar-refractivity contribution is -0.135. The van der Waals surface area contributed by atoms with E-state index < -0.39 is 5.97 Å². The average Bonchev–Trinajstić information content (AvgIpc) is 2.37. The largest absolute Gasteiger partial charge is 0.475 e. The lowest BCUT2D eigenvalue weighted by atomic mass is 10.0. The summed E-state index contributed by atoms with van der Waals surface area (Å²) >= 11 is 7.71. The van der Waals surface area contributed by atoms with Crippen molar-refractivity contribution in [2.45, 2.75) is 11.3 Å². The van der Waals surface area contributed by atoms with Gasteiger partial charge in [-0.05, 0) is 36.3 Å². The summed E-state index contributed by atoms with van der Waals surface area (Å²) in [7, 11) is 0. The van der Waals surface area contributed by atoms with Gasteiger partial charge >= 0.3 is 5.97 Å². The van der Waals surface area contributed by atoms with E-state index in [-0.39, 0.29) is 5.76 Å². The highest BCUT2D eigenvalue weighted by atomic mass is 35.5. The van der Waals surface area contributed by atoms with Crippen molar-refractivity contribution in [3.8, 4) is 0 Å². The number of carboxylic acid groups (broad SMARTS) is 1. The van der Waals surface area contributed by atoms with Crippen molar-refractivity contribution >= 4 is 35.1 Å². The van der Waals surface area contributed by atoms with Crippen LogP contribution in [0.25, 0.3) is 5.76 Å². The molecule has 0 spiro atoms. The second-order valence-corrected chi connectivity index (χ2v) is 5.50. The zero-order valence-electron chi connectivity index (χ0n) is 9.27. The van der Waals surface area contributed by atoms with Gasteiger partial charge in [0.25, 0.3) is 0 Å². The van der Waals surface area contributed by atoms with Gasteiger partial charge in [-0.2, -0.15) is 0 Å². The third kappa shape index (κ3) is 1.91. The number of hydrogen-bond donors (Lipinski definition) is 1. The lowest BCUT2D eigenvalue weighted by Crippen LogP contribution is -2.13. The van der Waals surface area contributed by atoms with Gasteiger partial charge in [0.15, 0.2) is 0 Å². The van der Waals surface area contributed by atoms with Gasteiger partial charge in [0.2, 0.25) is 5.76 Å². The molecule has 1 aromatic rings. The van der Waals surface area contributed by atoms with Crippen LogP contribution in [0.2, 0.25) is 5.02 Å². The molecule has 92 valence electrons. The Labute approximate surface area is 113 Å². The normalized spacial score (nSPS) is 17.5. The van der Waals surface area contributed by atoms with Crippen LogP contribution < -0.4 is 0 Å². The van der Waals surface area contributed by atoms with E-state index in [4.69, 9.17) is 21.4 Å². The highest BCUT2D eigenvalue weighted by Crippen LogP contribution is 2.42. The number of allylic oxidation sites excluding steroid dienone is 1. The second-order valence-electron chi connectivity index (χ2n) is 4.04. The summed E-state index contributed by atoms with van der Waals surface area (Å²) < 4.78 is 5.50. The molecular formula is C13H9ClO3S. The molecule has 3 nitrogen and oxygen atoms in total. The standard InChI is InChI=1S/C13H9ClO3S/c14-8-2-4-11-9(5-8)12-7(6-18-11)1-3-10(17-12)13(15)16/h2-5H,1,6H2,(H,15,16). The molecule has 0 aliphatic carbocycles. The number of ether oxygens (including phenoxy) is 1. The minimum atomic E-state index is -1.04. The maximum Gasteiger partial charge on any atom is 0.371 e. The van der Waals surface area contributed by atoms with Crippen LogP contribution in [-0.2, 0) is 9.53 Å². The van der Waals surface area contributed by atoms with Crippen LogP contribution in [-0.4, -0.2) is 16.8 Å². The van der Waals surface area contributed by atoms with Gasteiger partial charge < -0.3 is 9.84 Å². The number of halogens is 1. The molecule has 2 aliphatic heterocycles. The van der Waals surface area contributed by atoms with E-state index in [9.17, 15) is 4.79 Å². The van der Waals surface area contributed by atoms with Crippen molar-refractivity contribution in [3.63, 3.8) is 0 Å². The number of fused-ring (bicyclic) bond motifs is 2. The first-order valence-electron chi connectivity index (χ1n) is 5.41. The zero-order valence-corrected chi connectivity index (χ0v) is 10.8. The van der Waals surface area contributed by atoms with Crippen LogP contribution in [0.3, 0.4) is 0 Å². The number of rotatable bonds is 1. The van der Waals surface area contributed by atoms with Crippen LogP contribution in [0.1, 0.15) is 12.0 Å². The van der Waals surface area contributed by atoms with Gasteiger partial charge in [0.05, 0.1) is 0 Å². The van der Waals surface area contributed by atoms with Crippen LogP contribution in [0.15, 0.2) is 40.5 Å². The summed E-state index contributed by atoms with van der Waals surface area (Å²) in [5.74, 6) is 0.439. The maximum atomic E-state index is 11.0. The molecular weight excluding hydrogens is 272 g/mol. The molecule has 0 unspecified atom stereocenters. The molecule has 0 amide bonds. The van der Waals surface area contributed by atoms with Crippen molar-refractivity contribution in [2.75, 3.05) is 5.75 Å². The lowest BCUT2D eigenvalue weighted by Gasteiger charge is -2.25. The van der Waals surface area contributed by atoms with Crippen LogP contribution in [0, 0.1) is 0 Å². The molecule has 0 fully saturated rings. The molecule has 0 radical (unpaired) electrons. The third-order valence-electron chi connectivity index (χ3n) is 2.87. The first-order chi connectivity index (χ1) is 8.65. The highest BCUT2D eigenvalue weighted by molar-refractivity contribution is 7.99. The van der Waals surface area contributed by atoms with Gasteiger partial charge in [-0.15, -0.1) is 11.8 Å². The number of aliphatic carboxylic acids is 1. The minimum absolute atomic E-state index is 0.00780. The zero-order chi connectivity index (χ0) is 12.7. The van der Waals surface area contributed by atoms with Crippen molar-refractivity contribution in [1.29, 1.82) is 0 Å². The summed E-state index contributed by atoms with van der Waals surface area (Å²) in [5.41, 5.74) is 2.00. The Hall–Kier alpha value is -1.39. The molecule has 0 saturated heterocycles. The van der Waals surface area contributed by atoms with Crippen molar-refractivity contribution in [1.82, 2.24) is 0 Å². The minimum Gasteiger partial charge on any atom is -0.475 e. The Balaban J connectivity index is 2.05. The first kappa shape index (κ1) is 11.7. The van der Waals surface area contributed by atoms with E-state index >= 15 is 0 Å². The number of carboxylic acids is 1. The summed E-state index contributed by atoms with van der Waals surface area (Å²) in [5, 5.41) is 9.61. The van der Waals surface area contributed by atoms with Gasteiger partial charge in [-0.25, -0.2) is 4.79 Å². The molecule has 5 heteroatoms. The summed E-state index contributed by atoms with van der Waals surface area (Å²) in [6, 6.07) is 5.59. The van der Waals surface area contributed by atoms with Gasteiger partial charge in [0.1, 0.15) is 5.76 Å². The summed E-state index contributed by atoms with van der Waals surface area (Å²) in [6.07, 6.45) is 2.23. The molecule has 18 heavy (non-hydrogen) atoms. The number of benzene rings is 1. The second kappa shape index (κ2) is 4.37. The number of hydrogen-bond acceptors (Lipinski definition) is 3. The molecule has 1 aromatic carbocycles. The fourth-order valence-corrected chi connectivity index (χ4v) is 3.23. The SMILES string of the molecule is O=C(O)C1=CCC2=C(O1)c1cc(Cl)ccc1SC2. The highest BCUT2D eigenvalue weighted by Gasteiger charge is 2.26. The van der Waals surface area contributed by atoms with E-state index in [1.807, 2.05) is 18.2 Å². The maximum absolute atomic E-state index is 11.0. The summed E-state index contributed by atoms with van der Waals surface area (Å²) in [6.45, 7) is 0. The number of carbonyl (C=O) groups is 1. The van der Waals surface area contributed by atoms with E-state index in [0.717, 1.165) is 21.8 Å². The van der Waals surface area contributed by atoms with E-state index in [0.29, 0.717) is 17.2 Å². The average molecular weight is 281 g/mol. The Kier molecular flexibility index (Phi) is 2.84. The van der Waals surface area contributed by atoms with Crippen LogP contribution in [0.5, 0.6) is 0 Å². The van der Waals surface area contributed by atoms with Gasteiger partial charge in [-0.3, -0.25) is 0 Å². The Morgan fingerprint density at radius 1 is 1.44 bits per heavy atom. The van der Waals surface area contributed by atoms with Gasteiger partial charge in [-0.1, -0.05) is 11.6 Å². The molecule has 1 N–H and O–H groups in total. The predicted molar refractivity (Wildman–Crippen MR) is 70.5 cm³/mol. The predicted octanol–water partition coefficient (Wildman–Crippen LogP) is 3.55. The Bertz CT molecular complexity index is 604. The molecule has 0 aromatic heterocycles. The molecule has 3 rings (SSSR count). The van der Waals surface area contributed by atoms with Crippen molar-refractivity contribution < 1.29 is 14.6 Å². The van der Waals surface area contributed by atoms with Crippen molar-refractivity contribution in [2.24, 2.45) is 0 Å². The van der Waals surface area contributed by atoms with E-state index in [1.54, 1.807) is 17.8 Å². The molecule has 0 atom stereocenters. The fourth-order valence-electron chi connectivity index (χ4n) is 2.00. The van der Waals surface area contributed by atoms with E-state index in [2.05, 4.69) is 0 Å². The number of thioether (sulfide) groups is 1. The smallest absolute Gasteiger partial charge is 0.371 e. The molecule has 0 saturated carbocycles. The quantitative estimate of drug-likeness (QED) is 0.855. The monoisotopic (exact) mass is 280 g/mol. The van der Waals surface area contributed by atoms with Crippen LogP contribution >= 0.6 is 23.4 Å². The van der Waals surface area contributed by atoms with Gasteiger partial charge in [0, 0.05) is 21.2 Å². The summed E-state index contributed by atoms with van der Waals surface area (Å²) in [4.78, 5) is 12.0. The van der Waals surface area contributed by atoms with Crippen molar-refractivity contribution in [3.05, 3.63) is 46.2 Å². The molecule has 0 bridgehead atoms.